The molecule has 7 rings (SSSR count). The number of aliphatic carboxylic acids is 1. The van der Waals surface area contributed by atoms with Gasteiger partial charge in [0.2, 0.25) is 17.1 Å². The van der Waals surface area contributed by atoms with Gasteiger partial charge in [-0.3, -0.25) is 19.0 Å². The van der Waals surface area contributed by atoms with Gasteiger partial charge >= 0.3 is 0 Å². The minimum absolute atomic E-state index is 0. The molecule has 0 amide bonds. The number of hydrogen-bond acceptors (Lipinski definition) is 11. The van der Waals surface area contributed by atoms with E-state index in [0.717, 1.165) is 35.5 Å². The molecule has 0 fully saturated rings. The van der Waals surface area contributed by atoms with Gasteiger partial charge < -0.3 is 30.0 Å². The van der Waals surface area contributed by atoms with E-state index in [1.165, 1.54) is 100 Å². The number of imidazole rings is 1. The first-order valence-electron chi connectivity index (χ1n) is 25.8. The molecule has 1 heterocycles. The number of carboxylic acids is 1. The molecule has 0 aliphatic heterocycles. The highest BCUT2D eigenvalue weighted by atomic mass is 35.5. The predicted octanol–water partition coefficient (Wildman–Crippen LogP) is 16.6. The molecule has 24 heteroatoms. The Morgan fingerprint density at radius 3 is 1.51 bits per heavy atom. The lowest BCUT2D eigenvalue weighted by molar-refractivity contribution is -0.134. The van der Waals surface area contributed by atoms with E-state index >= 15 is 0 Å². The van der Waals surface area contributed by atoms with Gasteiger partial charge in [0.15, 0.2) is 45.3 Å². The number of Topliss-reactive ketones (excluding diaryl/α,β-unsaturated/α-hetero) is 2. The standard InChI is InChI=1S/C22H21F2NO2S.C20H17F2N3OS.C12H13FN2O.C8H6FNOS.C2H4O2.ClH/c1-22(2,15-6-9-17(23)19(13-15)25-3)21(26)10-7-16(28)11-14-5-8-18(24)20(12-14)27-4;1-20(2,12-5-7-14(21)16(9-12)23-3)18-11-24-19(27)25(18)13-6-8-15(22)17(10-13)26-4;1-12(2,11(16)7-14)8-4-5-9(13)10(6-8)15-3;1-11-8-4-6(12-5-10)2-3-7(8)9;1-2(3)4;/h5-6,8-9,12-13H,7,10-11H2,1-2,4H3;5-11H,1-2,4H3,(H,24,27);4-6H,7,14H2,1-2H3;2-4H,1H3;1H3,(H,3,4);1H. The Bertz CT molecular complexity index is 3880. The largest absolute Gasteiger partial charge is 0.494 e. The number of rotatable bonds is 17. The number of aromatic amines is 1. The number of methoxy groups -OCH3 is 3. The molecule has 1 aromatic heterocycles. The molecule has 462 valence electrons. The van der Waals surface area contributed by atoms with E-state index in [0.29, 0.717) is 44.2 Å². The number of halogens is 7. The van der Waals surface area contributed by atoms with Crippen molar-refractivity contribution >= 4 is 88.1 Å². The number of carbonyl (C=O) groups excluding carboxylic acids is 2. The molecule has 0 radical (unpaired) electrons. The van der Waals surface area contributed by atoms with Gasteiger partial charge in [-0.05, 0) is 164 Å². The SMILES string of the molecule is CC(=O)O.COc1cc(SC#N)ccc1F.Cl.[C-]#[N+]c1cc(C(C)(C)C(=O)CCC(=S)Cc2ccc(F)c(OC)c2)ccc1F.[C-]#[N+]c1cc(C(C)(C)C(=O)CN)ccc1F.[C-]#[N+]c1cc(C(C)(C)c2c[nH]c(=S)n2-c2ccc(F)c(OC)c2)ccc1F. The van der Waals surface area contributed by atoms with Crippen LogP contribution in [0.2, 0.25) is 0 Å². The molecule has 0 aliphatic carbocycles. The number of nitrogens with zero attached hydrogens (tertiary/aromatic N) is 5. The van der Waals surface area contributed by atoms with Gasteiger partial charge in [-0.15, -0.1) is 12.4 Å². The Labute approximate surface area is 528 Å². The summed E-state index contributed by atoms with van der Waals surface area (Å²) in [5.41, 5.74) is 7.03. The van der Waals surface area contributed by atoms with Gasteiger partial charge in [-0.2, -0.15) is 5.26 Å². The second-order valence-electron chi connectivity index (χ2n) is 20.1. The highest BCUT2D eigenvalue weighted by molar-refractivity contribution is 8.03. The summed E-state index contributed by atoms with van der Waals surface area (Å²) >= 11 is 11.8. The zero-order valence-corrected chi connectivity index (χ0v) is 52.7. The van der Waals surface area contributed by atoms with E-state index in [2.05, 4.69) is 19.5 Å². The van der Waals surface area contributed by atoms with Gasteiger partial charge in [0.05, 0.1) is 59.0 Å². The molecule has 14 nitrogen and oxygen atoms in total. The lowest BCUT2D eigenvalue weighted by Gasteiger charge is -2.27. The third-order valence-corrected chi connectivity index (χ3v) is 14.5. The summed E-state index contributed by atoms with van der Waals surface area (Å²) < 4.78 is 97.5. The number of aromatic nitrogens is 2. The van der Waals surface area contributed by atoms with E-state index in [4.69, 9.17) is 79.3 Å². The predicted molar refractivity (Wildman–Crippen MR) is 336 cm³/mol. The highest BCUT2D eigenvalue weighted by Gasteiger charge is 2.32. The molecule has 0 aliphatic rings. The highest BCUT2D eigenvalue weighted by Crippen LogP contribution is 2.37. The van der Waals surface area contributed by atoms with Crippen molar-refractivity contribution in [1.29, 1.82) is 5.26 Å². The summed E-state index contributed by atoms with van der Waals surface area (Å²) in [6, 6.07) is 26.1. The number of thioether (sulfide) groups is 1. The summed E-state index contributed by atoms with van der Waals surface area (Å²) in [7, 11) is 4.18. The van der Waals surface area contributed by atoms with Crippen LogP contribution in [-0.2, 0) is 37.0 Å². The van der Waals surface area contributed by atoms with Crippen molar-refractivity contribution in [2.24, 2.45) is 5.73 Å². The van der Waals surface area contributed by atoms with Crippen molar-refractivity contribution < 1.29 is 60.0 Å². The molecule has 6 aromatic carbocycles. The summed E-state index contributed by atoms with van der Waals surface area (Å²) in [6.45, 7) is 32.8. The van der Waals surface area contributed by atoms with Crippen LogP contribution in [0.1, 0.15) is 89.3 Å². The fourth-order valence-corrected chi connectivity index (χ4v) is 8.95. The number of benzene rings is 6. The second-order valence-corrected chi connectivity index (χ2v) is 21.9. The van der Waals surface area contributed by atoms with E-state index in [-0.39, 0.29) is 71.2 Å². The van der Waals surface area contributed by atoms with Crippen LogP contribution in [0.3, 0.4) is 0 Å². The molecule has 88 heavy (non-hydrogen) atoms. The summed E-state index contributed by atoms with van der Waals surface area (Å²) in [5, 5.41) is 17.6. The van der Waals surface area contributed by atoms with Crippen molar-refractivity contribution in [1.82, 2.24) is 9.55 Å². The second kappa shape index (κ2) is 34.5. The lowest BCUT2D eigenvalue weighted by Crippen LogP contribution is -2.34. The van der Waals surface area contributed by atoms with Gasteiger partial charge in [0, 0.05) is 53.2 Å². The van der Waals surface area contributed by atoms with Crippen LogP contribution in [0.4, 0.5) is 43.4 Å². The minimum Gasteiger partial charge on any atom is -0.494 e. The normalized spacial score (nSPS) is 10.5. The Balaban J connectivity index is 0.000000408. The number of H-pyrrole nitrogens is 1. The smallest absolute Gasteiger partial charge is 0.300 e. The number of hydrogen-bond donors (Lipinski definition) is 3. The topological polar surface area (TPSA) is 183 Å². The first-order valence-corrected chi connectivity index (χ1v) is 27.4. The molecule has 0 spiro atoms. The van der Waals surface area contributed by atoms with Crippen LogP contribution in [0.25, 0.3) is 20.2 Å². The number of ketones is 2. The van der Waals surface area contributed by atoms with Crippen LogP contribution in [0.15, 0.2) is 120 Å². The molecule has 0 bridgehead atoms. The summed E-state index contributed by atoms with van der Waals surface area (Å²) in [6.07, 6.45) is 2.85. The average molecular weight is 1290 g/mol. The Hall–Kier alpha value is -8.81. The molecule has 7 aromatic rings. The van der Waals surface area contributed by atoms with Crippen LogP contribution in [0.5, 0.6) is 17.2 Å². The number of nitrogens with two attached hydrogens (primary N) is 1. The first-order chi connectivity index (χ1) is 40.9. The Morgan fingerprint density at radius 2 is 1.06 bits per heavy atom. The van der Waals surface area contributed by atoms with E-state index < -0.39 is 57.1 Å². The van der Waals surface area contributed by atoms with Crippen molar-refractivity contribution in [3.8, 4) is 28.3 Å². The maximum atomic E-state index is 13.8. The molecular formula is C64H62ClF6N7O7S3. The lowest BCUT2D eigenvalue weighted by atomic mass is 9.78. The van der Waals surface area contributed by atoms with Gasteiger partial charge in [0.25, 0.3) is 5.97 Å². The minimum atomic E-state index is -0.859. The zero-order valence-electron chi connectivity index (χ0n) is 49.4. The van der Waals surface area contributed by atoms with Gasteiger partial charge in [0.1, 0.15) is 28.6 Å². The molecule has 0 saturated heterocycles. The summed E-state index contributed by atoms with van der Waals surface area (Å²) in [5.74, 6) is -3.65. The van der Waals surface area contributed by atoms with E-state index in [1.807, 2.05) is 19.2 Å². The number of ether oxygens (including phenoxy) is 3. The van der Waals surface area contributed by atoms with Gasteiger partial charge in [-0.1, -0.05) is 50.3 Å². The molecule has 4 N–H and O–H groups in total. The maximum absolute atomic E-state index is 13.8. The summed E-state index contributed by atoms with van der Waals surface area (Å²) in [4.78, 5) is 47.2. The van der Waals surface area contributed by atoms with E-state index in [9.17, 15) is 35.9 Å². The number of thiocyanates is 1. The molecule has 0 saturated carbocycles. The van der Waals surface area contributed by atoms with Crippen molar-refractivity contribution in [3.63, 3.8) is 0 Å². The molecule has 0 unspecified atom stereocenters. The maximum Gasteiger partial charge on any atom is 0.300 e. The number of carbonyl (C=O) groups is 3. The molecular weight excluding hydrogens is 1220 g/mol. The fraction of sp³-hybridized carbons (Fsp3) is 0.266. The van der Waals surface area contributed by atoms with Crippen LogP contribution < -0.4 is 19.9 Å². The Morgan fingerprint density at radius 1 is 0.648 bits per heavy atom. The van der Waals surface area contributed by atoms with E-state index in [1.54, 1.807) is 68.8 Å². The Kier molecular flexibility index (Phi) is 29.5. The van der Waals surface area contributed by atoms with Gasteiger partial charge in [-0.25, -0.2) is 40.9 Å². The average Bonchev–Trinajstić information content (AvgIpc) is 1.56. The van der Waals surface area contributed by atoms with Crippen LogP contribution in [-0.4, -0.2) is 64.9 Å². The quantitative estimate of drug-likeness (QED) is 0.0258. The number of carboxylic acid groups (broad SMARTS) is 1. The van der Waals surface area contributed by atoms with Crippen molar-refractivity contribution in [3.05, 3.63) is 217 Å². The number of nitriles is 1. The fourth-order valence-electron chi connectivity index (χ4n) is 8.01. The van der Waals surface area contributed by atoms with Crippen molar-refractivity contribution in [2.75, 3.05) is 27.9 Å². The monoisotopic (exact) mass is 1290 g/mol. The van der Waals surface area contributed by atoms with Crippen LogP contribution >= 0.6 is 48.6 Å². The zero-order chi connectivity index (χ0) is 65.6. The molecule has 0 atom stereocenters. The third-order valence-electron chi connectivity index (χ3n) is 13.3. The number of thiocarbonyl (C=S) groups is 1. The number of nitrogens with one attached hydrogen (secondary N) is 1. The van der Waals surface area contributed by atoms with Crippen LogP contribution in [0, 0.1) is 70.1 Å². The van der Waals surface area contributed by atoms with Crippen molar-refractivity contribution in [2.45, 2.75) is 88.9 Å². The first kappa shape index (κ1) is 75.3. The third kappa shape index (κ3) is 20.4.